The van der Waals surface area contributed by atoms with Crippen LogP contribution in [0.5, 0.6) is 0 Å². The summed E-state index contributed by atoms with van der Waals surface area (Å²) in [6.45, 7) is 2.85. The fraction of sp³-hybridized carbons (Fsp3) is 0.238. The smallest absolute Gasteiger partial charge is 0.282 e. The van der Waals surface area contributed by atoms with Crippen LogP contribution in [0.25, 0.3) is 5.57 Å². The largest absolute Gasteiger partial charge is 0.364 e. The van der Waals surface area contributed by atoms with E-state index in [9.17, 15) is 18.0 Å². The molecule has 8 nitrogen and oxygen atoms in total. The van der Waals surface area contributed by atoms with Gasteiger partial charge in [-0.2, -0.15) is 0 Å². The topological polar surface area (TPSA) is 104 Å². The van der Waals surface area contributed by atoms with Gasteiger partial charge >= 0.3 is 0 Å². The number of primary sulfonamides is 1. The number of nitrogens with two attached hydrogens (primary N) is 1. The van der Waals surface area contributed by atoms with E-state index in [1.807, 2.05) is 42.3 Å². The highest BCUT2D eigenvalue weighted by Crippen LogP contribution is 2.35. The Labute approximate surface area is 175 Å². The fourth-order valence-corrected chi connectivity index (χ4v) is 4.24. The Morgan fingerprint density at radius 1 is 0.833 bits per heavy atom. The number of rotatable bonds is 4. The van der Waals surface area contributed by atoms with Gasteiger partial charge in [0.15, 0.2) is 0 Å². The lowest BCUT2D eigenvalue weighted by molar-refractivity contribution is -0.120. The number of hydrogen-bond donors (Lipinski definition) is 1. The predicted molar refractivity (Wildman–Crippen MR) is 113 cm³/mol. The summed E-state index contributed by atoms with van der Waals surface area (Å²) in [5.41, 5.74) is 1.72. The first-order chi connectivity index (χ1) is 14.3. The molecule has 0 saturated carbocycles. The summed E-state index contributed by atoms with van der Waals surface area (Å²) in [7, 11) is -1.85. The predicted octanol–water partition coefficient (Wildman–Crippen LogP) is 0.866. The van der Waals surface area contributed by atoms with E-state index in [-0.39, 0.29) is 4.90 Å². The average Bonchev–Trinajstić information content (AvgIpc) is 2.99. The normalized spacial score (nSPS) is 18.5. The molecule has 156 valence electrons. The number of amides is 2. The molecule has 2 N–H and O–H groups in total. The van der Waals surface area contributed by atoms with E-state index in [4.69, 9.17) is 5.14 Å². The van der Waals surface area contributed by atoms with Crippen molar-refractivity contribution in [3.63, 3.8) is 0 Å². The first-order valence-electron chi connectivity index (χ1n) is 9.52. The van der Waals surface area contributed by atoms with Crippen LogP contribution in [0.15, 0.2) is 65.2 Å². The van der Waals surface area contributed by atoms with Crippen molar-refractivity contribution in [2.24, 2.45) is 5.14 Å². The fourth-order valence-electron chi connectivity index (χ4n) is 3.73. The maximum atomic E-state index is 13.4. The van der Waals surface area contributed by atoms with Gasteiger partial charge in [-0.15, -0.1) is 0 Å². The van der Waals surface area contributed by atoms with E-state index in [1.165, 1.54) is 24.3 Å². The van der Waals surface area contributed by atoms with Crippen LogP contribution < -0.4 is 10.0 Å². The number of sulfonamides is 1. The van der Waals surface area contributed by atoms with E-state index in [0.717, 1.165) is 18.0 Å². The molecule has 2 aliphatic rings. The number of anilines is 1. The summed E-state index contributed by atoms with van der Waals surface area (Å²) >= 11 is 0. The van der Waals surface area contributed by atoms with Crippen LogP contribution in [0.4, 0.5) is 5.69 Å². The molecule has 2 aromatic rings. The molecule has 0 aromatic heterocycles. The minimum atomic E-state index is -3.87. The molecule has 0 atom stereocenters. The zero-order valence-electron chi connectivity index (χ0n) is 16.5. The Kier molecular flexibility index (Phi) is 5.19. The second-order valence-electron chi connectivity index (χ2n) is 7.36. The van der Waals surface area contributed by atoms with E-state index in [2.05, 4.69) is 4.90 Å². The molecular formula is C21H22N4O4S. The Morgan fingerprint density at radius 2 is 1.43 bits per heavy atom. The summed E-state index contributed by atoms with van der Waals surface area (Å²) in [4.78, 5) is 31.9. The van der Waals surface area contributed by atoms with Crippen LogP contribution in [0.3, 0.4) is 0 Å². The van der Waals surface area contributed by atoms with E-state index >= 15 is 0 Å². The van der Waals surface area contributed by atoms with Gasteiger partial charge in [0.05, 0.1) is 16.2 Å². The van der Waals surface area contributed by atoms with Crippen molar-refractivity contribution in [1.29, 1.82) is 0 Å². The molecule has 2 aromatic carbocycles. The van der Waals surface area contributed by atoms with Gasteiger partial charge in [0.1, 0.15) is 5.70 Å². The monoisotopic (exact) mass is 426 g/mol. The third kappa shape index (κ3) is 3.62. The van der Waals surface area contributed by atoms with Crippen molar-refractivity contribution in [1.82, 2.24) is 9.80 Å². The zero-order chi connectivity index (χ0) is 21.5. The highest BCUT2D eigenvalue weighted by molar-refractivity contribution is 7.89. The summed E-state index contributed by atoms with van der Waals surface area (Å²) in [6.07, 6.45) is 0. The van der Waals surface area contributed by atoms with Gasteiger partial charge in [0, 0.05) is 26.2 Å². The first-order valence-corrected chi connectivity index (χ1v) is 11.1. The van der Waals surface area contributed by atoms with Gasteiger partial charge in [-0.05, 0) is 36.9 Å². The van der Waals surface area contributed by atoms with Crippen molar-refractivity contribution in [3.05, 3.63) is 65.9 Å². The molecule has 0 spiro atoms. The number of hydrogen-bond acceptors (Lipinski definition) is 6. The standard InChI is InChI=1S/C21H22N4O4S/c1-23-11-13-24(14-12-23)19-18(15-5-3-2-4-6-15)20(26)25(21(19)27)16-7-9-17(10-8-16)30(22,28)29/h2-10H,11-14H2,1H3,(H2,22,28,29). The van der Waals surface area contributed by atoms with Crippen LogP contribution in [-0.2, 0) is 19.6 Å². The number of carbonyl (C=O) groups is 2. The number of likely N-dealkylation sites (N-methyl/N-ethyl adjacent to an activating group) is 1. The third-order valence-corrected chi connectivity index (χ3v) is 6.29. The van der Waals surface area contributed by atoms with Gasteiger partial charge in [-0.3, -0.25) is 9.59 Å². The van der Waals surface area contributed by atoms with Gasteiger partial charge in [-0.25, -0.2) is 18.5 Å². The molecule has 1 fully saturated rings. The maximum absolute atomic E-state index is 13.4. The lowest BCUT2D eigenvalue weighted by Gasteiger charge is -2.34. The molecule has 0 aliphatic carbocycles. The Morgan fingerprint density at radius 3 is 2.00 bits per heavy atom. The SMILES string of the molecule is CN1CCN(C2=C(c3ccccc3)C(=O)N(c3ccc(S(N)(=O)=O)cc3)C2=O)CC1. The molecule has 0 bridgehead atoms. The zero-order valence-corrected chi connectivity index (χ0v) is 17.3. The molecule has 0 radical (unpaired) electrons. The minimum absolute atomic E-state index is 0.0825. The van der Waals surface area contributed by atoms with Crippen molar-refractivity contribution < 1.29 is 18.0 Å². The third-order valence-electron chi connectivity index (χ3n) is 5.36. The van der Waals surface area contributed by atoms with Gasteiger partial charge in [0.2, 0.25) is 10.0 Å². The van der Waals surface area contributed by atoms with E-state index < -0.39 is 21.8 Å². The Hall–Kier alpha value is -3.01. The molecule has 4 rings (SSSR count). The summed E-state index contributed by atoms with van der Waals surface area (Å²) in [5.74, 6) is -0.838. The maximum Gasteiger partial charge on any atom is 0.282 e. The molecule has 0 unspecified atom stereocenters. The van der Waals surface area contributed by atoms with E-state index in [0.29, 0.717) is 35.6 Å². The number of carbonyl (C=O) groups excluding carboxylic acids is 2. The second kappa shape index (κ2) is 7.67. The van der Waals surface area contributed by atoms with Crippen molar-refractivity contribution in [2.75, 3.05) is 38.1 Å². The Bertz CT molecular complexity index is 1120. The highest BCUT2D eigenvalue weighted by atomic mass is 32.2. The van der Waals surface area contributed by atoms with Crippen LogP contribution in [0.1, 0.15) is 5.56 Å². The van der Waals surface area contributed by atoms with Gasteiger partial charge in [-0.1, -0.05) is 30.3 Å². The summed E-state index contributed by atoms with van der Waals surface area (Å²) < 4.78 is 23.1. The number of nitrogens with zero attached hydrogens (tertiary/aromatic N) is 3. The van der Waals surface area contributed by atoms with Gasteiger partial charge < -0.3 is 9.80 Å². The van der Waals surface area contributed by atoms with Crippen molar-refractivity contribution in [3.8, 4) is 0 Å². The average molecular weight is 426 g/mol. The van der Waals surface area contributed by atoms with Crippen molar-refractivity contribution in [2.45, 2.75) is 4.90 Å². The molecule has 1 saturated heterocycles. The summed E-state index contributed by atoms with van der Waals surface area (Å²) in [5, 5.41) is 5.15. The lowest BCUT2D eigenvalue weighted by atomic mass is 10.0. The highest BCUT2D eigenvalue weighted by Gasteiger charge is 2.42. The van der Waals surface area contributed by atoms with Crippen LogP contribution in [-0.4, -0.2) is 63.3 Å². The lowest BCUT2D eigenvalue weighted by Crippen LogP contribution is -2.46. The molecule has 2 heterocycles. The number of piperazine rings is 1. The van der Waals surface area contributed by atoms with E-state index in [1.54, 1.807) is 0 Å². The van der Waals surface area contributed by atoms with Gasteiger partial charge in [0.25, 0.3) is 11.8 Å². The molecule has 9 heteroatoms. The molecular weight excluding hydrogens is 404 g/mol. The quantitative estimate of drug-likeness (QED) is 0.728. The molecule has 30 heavy (non-hydrogen) atoms. The van der Waals surface area contributed by atoms with Crippen molar-refractivity contribution >= 4 is 33.1 Å². The second-order valence-corrected chi connectivity index (χ2v) is 8.93. The number of imide groups is 1. The van der Waals surface area contributed by atoms with Crippen LogP contribution in [0.2, 0.25) is 0 Å². The molecule has 2 aliphatic heterocycles. The summed E-state index contributed by atoms with van der Waals surface area (Å²) in [6, 6.07) is 14.5. The minimum Gasteiger partial charge on any atom is -0.364 e. The Balaban J connectivity index is 1.76. The van der Waals surface area contributed by atoms with Crippen LogP contribution in [0, 0.1) is 0 Å². The first kappa shape index (κ1) is 20.3. The number of benzene rings is 2. The van der Waals surface area contributed by atoms with Crippen LogP contribution >= 0.6 is 0 Å². The molecule has 2 amide bonds.